The van der Waals surface area contributed by atoms with Gasteiger partial charge < -0.3 is 19.4 Å². The van der Waals surface area contributed by atoms with E-state index in [-0.39, 0.29) is 11.0 Å². The molecular weight excluding hydrogens is 392 g/mol. The molecule has 31 heavy (non-hydrogen) atoms. The zero-order valence-corrected chi connectivity index (χ0v) is 17.3. The molecule has 6 heteroatoms. The van der Waals surface area contributed by atoms with E-state index in [9.17, 15) is 9.59 Å². The van der Waals surface area contributed by atoms with Crippen LogP contribution in [0.3, 0.4) is 0 Å². The van der Waals surface area contributed by atoms with Gasteiger partial charge in [0.1, 0.15) is 17.1 Å². The van der Waals surface area contributed by atoms with Crippen LogP contribution in [0.1, 0.15) is 17.3 Å². The van der Waals surface area contributed by atoms with Crippen molar-refractivity contribution in [3.05, 3.63) is 94.8 Å². The van der Waals surface area contributed by atoms with Crippen molar-refractivity contribution in [1.29, 1.82) is 0 Å². The molecule has 0 unspecified atom stereocenters. The first-order chi connectivity index (χ1) is 15.1. The minimum absolute atomic E-state index is 0.0529. The molecule has 156 valence electrons. The monoisotopic (exact) mass is 414 g/mol. The number of benzene rings is 3. The Kier molecular flexibility index (Phi) is 5.71. The Balaban J connectivity index is 1.71. The van der Waals surface area contributed by atoms with Gasteiger partial charge in [-0.15, -0.1) is 0 Å². The number of fused-ring (bicyclic) bond motifs is 1. The lowest BCUT2D eigenvalue weighted by Gasteiger charge is -2.14. The van der Waals surface area contributed by atoms with Crippen molar-refractivity contribution < 1.29 is 14.3 Å². The van der Waals surface area contributed by atoms with Gasteiger partial charge >= 0.3 is 0 Å². The summed E-state index contributed by atoms with van der Waals surface area (Å²) in [6.45, 7) is 2.57. The van der Waals surface area contributed by atoms with Gasteiger partial charge in [0.2, 0.25) is 5.43 Å². The summed E-state index contributed by atoms with van der Waals surface area (Å²) >= 11 is 0. The number of aryl methyl sites for hydroxylation is 1. The zero-order valence-electron chi connectivity index (χ0n) is 17.3. The number of ether oxygens (including phenoxy) is 2. The van der Waals surface area contributed by atoms with Gasteiger partial charge in [-0.25, -0.2) is 0 Å². The largest absolute Gasteiger partial charge is 0.497 e. The topological polar surface area (TPSA) is 69.6 Å². The van der Waals surface area contributed by atoms with Gasteiger partial charge in [0, 0.05) is 12.7 Å². The smallest absolute Gasteiger partial charge is 0.261 e. The molecule has 1 amide bonds. The van der Waals surface area contributed by atoms with Gasteiger partial charge in [0.25, 0.3) is 5.91 Å². The number of carbonyl (C=O) groups excluding carboxylic acids is 1. The highest BCUT2D eigenvalue weighted by Gasteiger charge is 2.17. The van der Waals surface area contributed by atoms with Crippen LogP contribution in [0.2, 0.25) is 0 Å². The standard InChI is InChI=1S/C25H22N2O4/c1-3-27-16-20(24(28)19-15-18(30-2)13-14-22(19)27)25(29)26-21-11-7-8-12-23(21)31-17-9-5-4-6-10-17/h4-16H,3H2,1-2H3,(H,26,29). The Bertz CT molecular complexity index is 1300. The third kappa shape index (κ3) is 4.14. The highest BCUT2D eigenvalue weighted by Crippen LogP contribution is 2.29. The molecule has 0 spiro atoms. The molecule has 0 aliphatic heterocycles. The van der Waals surface area contributed by atoms with Gasteiger partial charge in [0.05, 0.1) is 23.7 Å². The third-order valence-corrected chi connectivity index (χ3v) is 4.98. The van der Waals surface area contributed by atoms with Crippen LogP contribution in [-0.2, 0) is 6.54 Å². The first-order valence-electron chi connectivity index (χ1n) is 9.95. The summed E-state index contributed by atoms with van der Waals surface area (Å²) in [4.78, 5) is 26.2. The SMILES string of the molecule is CCn1cc(C(=O)Nc2ccccc2Oc2ccccc2)c(=O)c2cc(OC)ccc21. The van der Waals surface area contributed by atoms with Crippen molar-refractivity contribution in [3.63, 3.8) is 0 Å². The fourth-order valence-electron chi connectivity index (χ4n) is 3.39. The molecule has 0 saturated carbocycles. The summed E-state index contributed by atoms with van der Waals surface area (Å²) in [7, 11) is 1.54. The van der Waals surface area contributed by atoms with E-state index in [1.54, 1.807) is 43.6 Å². The van der Waals surface area contributed by atoms with E-state index in [4.69, 9.17) is 9.47 Å². The van der Waals surface area contributed by atoms with Crippen molar-refractivity contribution in [2.24, 2.45) is 0 Å². The summed E-state index contributed by atoms with van der Waals surface area (Å²) in [5, 5.41) is 3.26. The molecule has 3 aromatic carbocycles. The lowest BCUT2D eigenvalue weighted by atomic mass is 10.1. The van der Waals surface area contributed by atoms with Gasteiger partial charge in [-0.1, -0.05) is 30.3 Å². The molecule has 0 aliphatic rings. The van der Waals surface area contributed by atoms with Crippen LogP contribution in [0.25, 0.3) is 10.9 Å². The Morgan fingerprint density at radius 1 is 0.968 bits per heavy atom. The summed E-state index contributed by atoms with van der Waals surface area (Å²) in [5.41, 5.74) is 0.928. The predicted molar refractivity (Wildman–Crippen MR) is 121 cm³/mol. The van der Waals surface area contributed by atoms with Crippen molar-refractivity contribution in [2.45, 2.75) is 13.5 Å². The number of methoxy groups -OCH3 is 1. The Morgan fingerprint density at radius 2 is 1.71 bits per heavy atom. The van der Waals surface area contributed by atoms with Gasteiger partial charge in [-0.2, -0.15) is 0 Å². The molecule has 0 atom stereocenters. The second-order valence-corrected chi connectivity index (χ2v) is 6.91. The summed E-state index contributed by atoms with van der Waals surface area (Å²) in [6.07, 6.45) is 1.59. The summed E-state index contributed by atoms with van der Waals surface area (Å²) < 4.78 is 13.0. The van der Waals surface area contributed by atoms with E-state index in [1.165, 1.54) is 0 Å². The van der Waals surface area contributed by atoms with E-state index in [1.807, 2.05) is 54.0 Å². The van der Waals surface area contributed by atoms with Gasteiger partial charge in [0.15, 0.2) is 5.75 Å². The molecule has 4 rings (SSSR count). The molecule has 0 aliphatic carbocycles. The lowest BCUT2D eigenvalue weighted by molar-refractivity contribution is 0.102. The number of anilines is 1. The van der Waals surface area contributed by atoms with Crippen LogP contribution >= 0.6 is 0 Å². The third-order valence-electron chi connectivity index (χ3n) is 4.98. The quantitative estimate of drug-likeness (QED) is 0.478. The second kappa shape index (κ2) is 8.75. The molecule has 1 aromatic heterocycles. The van der Waals surface area contributed by atoms with E-state index in [2.05, 4.69) is 5.32 Å². The van der Waals surface area contributed by atoms with Crippen LogP contribution in [0.4, 0.5) is 5.69 Å². The molecule has 0 bridgehead atoms. The second-order valence-electron chi connectivity index (χ2n) is 6.91. The van der Waals surface area contributed by atoms with Crippen molar-refractivity contribution >= 4 is 22.5 Å². The normalized spacial score (nSPS) is 10.6. The number of aromatic nitrogens is 1. The van der Waals surface area contributed by atoms with E-state index in [0.29, 0.717) is 34.9 Å². The number of carbonyl (C=O) groups is 1. The number of hydrogen-bond acceptors (Lipinski definition) is 4. The maximum atomic E-state index is 13.1. The van der Waals surface area contributed by atoms with Crippen molar-refractivity contribution in [3.8, 4) is 17.2 Å². The maximum Gasteiger partial charge on any atom is 0.261 e. The Labute approximate surface area is 179 Å². The summed E-state index contributed by atoms with van der Waals surface area (Å²) in [5.74, 6) is 1.20. The average Bonchev–Trinajstić information content (AvgIpc) is 2.81. The van der Waals surface area contributed by atoms with Gasteiger partial charge in [-0.3, -0.25) is 9.59 Å². The maximum absolute atomic E-state index is 13.1. The highest BCUT2D eigenvalue weighted by atomic mass is 16.5. The molecule has 0 radical (unpaired) electrons. The molecule has 1 N–H and O–H groups in total. The minimum Gasteiger partial charge on any atom is -0.497 e. The molecule has 0 saturated heterocycles. The van der Waals surface area contributed by atoms with E-state index < -0.39 is 5.91 Å². The first kappa shape index (κ1) is 20.2. The average molecular weight is 414 g/mol. The molecule has 6 nitrogen and oxygen atoms in total. The number of pyridine rings is 1. The zero-order chi connectivity index (χ0) is 21.8. The fourth-order valence-corrected chi connectivity index (χ4v) is 3.39. The van der Waals surface area contributed by atoms with Crippen molar-refractivity contribution in [2.75, 3.05) is 12.4 Å². The number of nitrogens with one attached hydrogen (secondary N) is 1. The van der Waals surface area contributed by atoms with E-state index >= 15 is 0 Å². The van der Waals surface area contributed by atoms with Crippen LogP contribution < -0.4 is 20.2 Å². The van der Waals surface area contributed by atoms with Gasteiger partial charge in [-0.05, 0) is 49.4 Å². The predicted octanol–water partition coefficient (Wildman–Crippen LogP) is 5.07. The van der Waals surface area contributed by atoms with Crippen LogP contribution in [0.15, 0.2) is 83.8 Å². The van der Waals surface area contributed by atoms with Crippen LogP contribution in [-0.4, -0.2) is 17.6 Å². The number of para-hydroxylation sites is 3. The first-order valence-corrected chi connectivity index (χ1v) is 9.95. The van der Waals surface area contributed by atoms with Crippen LogP contribution in [0, 0.1) is 0 Å². The minimum atomic E-state index is -0.499. The Morgan fingerprint density at radius 3 is 2.45 bits per heavy atom. The van der Waals surface area contributed by atoms with Crippen molar-refractivity contribution in [1.82, 2.24) is 4.57 Å². The fraction of sp³-hybridized carbons (Fsp3) is 0.120. The number of nitrogens with zero attached hydrogens (tertiary/aromatic N) is 1. The van der Waals surface area contributed by atoms with E-state index in [0.717, 1.165) is 5.52 Å². The molecule has 4 aromatic rings. The van der Waals surface area contributed by atoms with Crippen LogP contribution in [0.5, 0.6) is 17.2 Å². The Hall–Kier alpha value is -4.06. The molecule has 1 heterocycles. The molecular formula is C25H22N2O4. The lowest BCUT2D eigenvalue weighted by Crippen LogP contribution is -2.24. The molecule has 0 fully saturated rings. The number of hydrogen-bond donors (Lipinski definition) is 1. The highest BCUT2D eigenvalue weighted by molar-refractivity contribution is 6.06. The summed E-state index contributed by atoms with van der Waals surface area (Å²) in [6, 6.07) is 21.7. The number of rotatable bonds is 6. The number of amides is 1.